The predicted molar refractivity (Wildman–Crippen MR) is 78.8 cm³/mol. The summed E-state index contributed by atoms with van der Waals surface area (Å²) in [5, 5.41) is 4.49. The average molecular weight is 257 g/mol. The summed E-state index contributed by atoms with van der Waals surface area (Å²) in [6, 6.07) is 12.5. The fourth-order valence-electron chi connectivity index (χ4n) is 2.93. The highest BCUT2D eigenvalue weighted by atomic mass is 15.3. The van der Waals surface area contributed by atoms with Crippen LogP contribution in [0.1, 0.15) is 44.0 Å². The van der Waals surface area contributed by atoms with Gasteiger partial charge in [-0.25, -0.2) is 0 Å². The van der Waals surface area contributed by atoms with E-state index >= 15 is 0 Å². The third-order valence-electron chi connectivity index (χ3n) is 4.26. The van der Waals surface area contributed by atoms with Gasteiger partial charge in [-0.2, -0.15) is 5.10 Å². The SMILES string of the molecule is CCC(CC)(c1ccccc1)C(N)c1ccn(C)n1. The smallest absolute Gasteiger partial charge is 0.0800 e. The summed E-state index contributed by atoms with van der Waals surface area (Å²) in [6.45, 7) is 4.42. The summed E-state index contributed by atoms with van der Waals surface area (Å²) >= 11 is 0. The number of benzene rings is 1. The Balaban J connectivity index is 2.45. The number of aryl methyl sites for hydroxylation is 1. The van der Waals surface area contributed by atoms with E-state index in [-0.39, 0.29) is 11.5 Å². The molecule has 1 heterocycles. The van der Waals surface area contributed by atoms with Crippen LogP contribution in [0.25, 0.3) is 0 Å². The van der Waals surface area contributed by atoms with Crippen LogP contribution in [0.4, 0.5) is 0 Å². The van der Waals surface area contributed by atoms with E-state index < -0.39 is 0 Å². The Bertz CT molecular complexity index is 512. The van der Waals surface area contributed by atoms with Crippen LogP contribution < -0.4 is 5.73 Å². The Hall–Kier alpha value is -1.61. The molecule has 0 amide bonds. The molecule has 0 aliphatic heterocycles. The number of nitrogens with two attached hydrogens (primary N) is 1. The Kier molecular flexibility index (Phi) is 4.05. The number of nitrogens with zero attached hydrogens (tertiary/aromatic N) is 2. The number of rotatable bonds is 5. The second-order valence-corrected chi connectivity index (χ2v) is 5.12. The molecule has 19 heavy (non-hydrogen) atoms. The molecular weight excluding hydrogens is 234 g/mol. The molecule has 2 aromatic rings. The number of aromatic nitrogens is 2. The first-order valence-electron chi connectivity index (χ1n) is 6.94. The third kappa shape index (κ3) is 2.43. The van der Waals surface area contributed by atoms with Crippen molar-refractivity contribution in [3.63, 3.8) is 0 Å². The van der Waals surface area contributed by atoms with Crippen LogP contribution >= 0.6 is 0 Å². The second kappa shape index (κ2) is 5.57. The molecule has 1 unspecified atom stereocenters. The zero-order valence-electron chi connectivity index (χ0n) is 12.0. The van der Waals surface area contributed by atoms with Gasteiger partial charge in [-0.05, 0) is 24.5 Å². The Morgan fingerprint density at radius 3 is 2.26 bits per heavy atom. The Labute approximate surface area is 115 Å². The monoisotopic (exact) mass is 257 g/mol. The van der Waals surface area contributed by atoms with E-state index in [9.17, 15) is 0 Å². The van der Waals surface area contributed by atoms with E-state index in [2.05, 4.69) is 43.2 Å². The van der Waals surface area contributed by atoms with Crippen LogP contribution in [0.5, 0.6) is 0 Å². The molecule has 1 atom stereocenters. The first-order chi connectivity index (χ1) is 9.14. The van der Waals surface area contributed by atoms with Gasteiger partial charge in [0.05, 0.1) is 11.7 Å². The summed E-state index contributed by atoms with van der Waals surface area (Å²) in [4.78, 5) is 0. The lowest BCUT2D eigenvalue weighted by Crippen LogP contribution is -2.38. The summed E-state index contributed by atoms with van der Waals surface area (Å²) in [7, 11) is 1.93. The van der Waals surface area contributed by atoms with Gasteiger partial charge in [0.15, 0.2) is 0 Å². The molecule has 0 saturated carbocycles. The maximum atomic E-state index is 6.56. The van der Waals surface area contributed by atoms with Gasteiger partial charge < -0.3 is 5.73 Å². The summed E-state index contributed by atoms with van der Waals surface area (Å²) in [5.74, 6) is 0. The van der Waals surface area contributed by atoms with Crippen molar-refractivity contribution in [2.24, 2.45) is 12.8 Å². The van der Waals surface area contributed by atoms with Gasteiger partial charge in [-0.3, -0.25) is 4.68 Å². The fourth-order valence-corrected chi connectivity index (χ4v) is 2.93. The average Bonchev–Trinajstić information content (AvgIpc) is 2.88. The molecule has 0 fully saturated rings. The Morgan fingerprint density at radius 1 is 1.16 bits per heavy atom. The fraction of sp³-hybridized carbons (Fsp3) is 0.438. The van der Waals surface area contributed by atoms with Crippen LogP contribution in [0.2, 0.25) is 0 Å². The molecule has 1 aromatic carbocycles. The van der Waals surface area contributed by atoms with Crippen molar-refractivity contribution in [1.29, 1.82) is 0 Å². The van der Waals surface area contributed by atoms with E-state index in [0.29, 0.717) is 0 Å². The van der Waals surface area contributed by atoms with Crippen LogP contribution in [-0.4, -0.2) is 9.78 Å². The number of hydrogen-bond donors (Lipinski definition) is 1. The first kappa shape index (κ1) is 13.8. The van der Waals surface area contributed by atoms with Gasteiger partial charge in [-0.1, -0.05) is 44.2 Å². The van der Waals surface area contributed by atoms with Gasteiger partial charge in [0.1, 0.15) is 0 Å². The Morgan fingerprint density at radius 2 is 1.79 bits per heavy atom. The van der Waals surface area contributed by atoms with E-state index in [0.717, 1.165) is 18.5 Å². The van der Waals surface area contributed by atoms with Gasteiger partial charge in [0, 0.05) is 18.7 Å². The van der Waals surface area contributed by atoms with Crippen LogP contribution in [-0.2, 0) is 12.5 Å². The van der Waals surface area contributed by atoms with Gasteiger partial charge in [0.2, 0.25) is 0 Å². The maximum absolute atomic E-state index is 6.56. The molecule has 0 spiro atoms. The van der Waals surface area contributed by atoms with E-state index in [1.165, 1.54) is 5.56 Å². The zero-order chi connectivity index (χ0) is 13.9. The van der Waals surface area contributed by atoms with Crippen molar-refractivity contribution in [3.8, 4) is 0 Å². The van der Waals surface area contributed by atoms with Crippen molar-refractivity contribution < 1.29 is 0 Å². The molecule has 0 radical (unpaired) electrons. The van der Waals surface area contributed by atoms with Gasteiger partial charge >= 0.3 is 0 Å². The molecule has 2 rings (SSSR count). The molecule has 102 valence electrons. The van der Waals surface area contributed by atoms with Crippen molar-refractivity contribution in [2.45, 2.75) is 38.1 Å². The number of hydrogen-bond acceptors (Lipinski definition) is 2. The highest BCUT2D eigenvalue weighted by molar-refractivity contribution is 5.30. The maximum Gasteiger partial charge on any atom is 0.0800 e. The van der Waals surface area contributed by atoms with E-state index in [4.69, 9.17) is 5.73 Å². The largest absolute Gasteiger partial charge is 0.322 e. The molecule has 0 bridgehead atoms. The van der Waals surface area contributed by atoms with Crippen LogP contribution in [0, 0.1) is 0 Å². The van der Waals surface area contributed by atoms with Crippen molar-refractivity contribution in [1.82, 2.24) is 9.78 Å². The molecule has 1 aromatic heterocycles. The predicted octanol–water partition coefficient (Wildman–Crippen LogP) is 3.18. The molecule has 2 N–H and O–H groups in total. The summed E-state index contributed by atoms with van der Waals surface area (Å²) in [6.07, 6.45) is 3.97. The first-order valence-corrected chi connectivity index (χ1v) is 6.94. The van der Waals surface area contributed by atoms with Crippen LogP contribution in [0.15, 0.2) is 42.6 Å². The van der Waals surface area contributed by atoms with E-state index in [1.807, 2.05) is 30.1 Å². The molecular formula is C16H23N3. The van der Waals surface area contributed by atoms with Crippen molar-refractivity contribution in [3.05, 3.63) is 53.9 Å². The molecule has 3 heteroatoms. The minimum atomic E-state index is -0.0777. The minimum Gasteiger partial charge on any atom is -0.322 e. The highest BCUT2D eigenvalue weighted by Gasteiger charge is 2.37. The summed E-state index contributed by atoms with van der Waals surface area (Å²) in [5.41, 5.74) is 8.79. The quantitative estimate of drug-likeness (QED) is 0.894. The highest BCUT2D eigenvalue weighted by Crippen LogP contribution is 2.41. The molecule has 0 aliphatic rings. The minimum absolute atomic E-state index is 0.0460. The molecule has 0 aliphatic carbocycles. The normalized spacial score (nSPS) is 13.5. The lowest BCUT2D eigenvalue weighted by atomic mass is 9.69. The van der Waals surface area contributed by atoms with Crippen molar-refractivity contribution in [2.75, 3.05) is 0 Å². The third-order valence-corrected chi connectivity index (χ3v) is 4.26. The molecule has 3 nitrogen and oxygen atoms in total. The van der Waals surface area contributed by atoms with Crippen LogP contribution in [0.3, 0.4) is 0 Å². The van der Waals surface area contributed by atoms with E-state index in [1.54, 1.807) is 0 Å². The van der Waals surface area contributed by atoms with Gasteiger partial charge in [-0.15, -0.1) is 0 Å². The standard InChI is InChI=1S/C16H23N3/c1-4-16(5-2,13-9-7-6-8-10-13)15(17)14-11-12-19(3)18-14/h6-12,15H,4-5,17H2,1-3H3. The summed E-state index contributed by atoms with van der Waals surface area (Å²) < 4.78 is 1.82. The van der Waals surface area contributed by atoms with Gasteiger partial charge in [0.25, 0.3) is 0 Å². The lowest BCUT2D eigenvalue weighted by Gasteiger charge is -2.37. The molecule has 0 saturated heterocycles. The zero-order valence-corrected chi connectivity index (χ0v) is 12.0. The van der Waals surface area contributed by atoms with Crippen molar-refractivity contribution >= 4 is 0 Å². The second-order valence-electron chi connectivity index (χ2n) is 5.12. The lowest BCUT2D eigenvalue weighted by molar-refractivity contribution is 0.316. The topological polar surface area (TPSA) is 43.8 Å².